The van der Waals surface area contributed by atoms with Gasteiger partial charge in [-0.25, -0.2) is 4.98 Å². The van der Waals surface area contributed by atoms with Gasteiger partial charge in [0.15, 0.2) is 0 Å². The number of benzene rings is 1. The predicted octanol–water partition coefficient (Wildman–Crippen LogP) is 1.94. The molecule has 1 heterocycles. The van der Waals surface area contributed by atoms with Gasteiger partial charge in [-0.15, -0.1) is 0 Å². The van der Waals surface area contributed by atoms with Gasteiger partial charge in [-0.2, -0.15) is 0 Å². The number of carbonyl (C=O) groups is 2. The molecule has 3 rings (SSSR count). The van der Waals surface area contributed by atoms with E-state index in [0.717, 1.165) is 16.9 Å². The minimum absolute atomic E-state index is 0.205. The summed E-state index contributed by atoms with van der Waals surface area (Å²) < 4.78 is 1.94. The van der Waals surface area contributed by atoms with E-state index in [0.29, 0.717) is 13.0 Å². The lowest BCUT2D eigenvalue weighted by atomic mass is 9.55. The average Bonchev–Trinajstić information content (AvgIpc) is 2.79. The smallest absolute Gasteiger partial charge is 0.307 e. The van der Waals surface area contributed by atoms with Crippen LogP contribution >= 0.6 is 0 Å². The molecule has 0 unspecified atom stereocenters. The number of amides is 1. The number of fused-ring (bicyclic) bond motifs is 1. The molecule has 1 amide bonds. The van der Waals surface area contributed by atoms with Gasteiger partial charge in [0.2, 0.25) is 5.91 Å². The molecule has 2 aromatic rings. The standard InChI is InChI=1S/C17H21N3O3/c1-17(2)8-10(14(17)16(22)23)15(21)18-9-13-19-11-6-4-5-7-12(11)20(13)3/h4-7,10,14H,8-9H2,1-3H3,(H,18,21)(H,22,23)/t10-,14+/m1/s1. The van der Waals surface area contributed by atoms with Gasteiger partial charge in [0, 0.05) is 7.05 Å². The third-order valence-corrected chi connectivity index (χ3v) is 4.89. The molecular weight excluding hydrogens is 294 g/mol. The summed E-state index contributed by atoms with van der Waals surface area (Å²) in [5, 5.41) is 12.2. The Labute approximate surface area is 134 Å². The molecule has 0 saturated heterocycles. The molecule has 1 saturated carbocycles. The van der Waals surface area contributed by atoms with Crippen LogP contribution in [-0.2, 0) is 23.2 Å². The number of hydrogen-bond donors (Lipinski definition) is 2. The van der Waals surface area contributed by atoms with E-state index in [4.69, 9.17) is 0 Å². The van der Waals surface area contributed by atoms with Gasteiger partial charge >= 0.3 is 5.97 Å². The number of carbonyl (C=O) groups excluding carboxylic acids is 1. The summed E-state index contributed by atoms with van der Waals surface area (Å²) in [7, 11) is 1.91. The van der Waals surface area contributed by atoms with Crippen LogP contribution in [0.1, 0.15) is 26.1 Å². The van der Waals surface area contributed by atoms with E-state index in [1.807, 2.05) is 49.7 Å². The van der Waals surface area contributed by atoms with Gasteiger partial charge in [-0.3, -0.25) is 9.59 Å². The van der Waals surface area contributed by atoms with Crippen LogP contribution in [0.3, 0.4) is 0 Å². The van der Waals surface area contributed by atoms with E-state index in [1.54, 1.807) is 0 Å². The van der Waals surface area contributed by atoms with Gasteiger partial charge in [0.05, 0.1) is 29.4 Å². The van der Waals surface area contributed by atoms with Crippen molar-refractivity contribution in [1.82, 2.24) is 14.9 Å². The molecule has 122 valence electrons. The first-order valence-corrected chi connectivity index (χ1v) is 7.72. The Morgan fingerprint density at radius 2 is 2.09 bits per heavy atom. The van der Waals surface area contributed by atoms with Crippen LogP contribution in [0.15, 0.2) is 24.3 Å². The molecule has 1 aliphatic carbocycles. The fraction of sp³-hybridized carbons (Fsp3) is 0.471. The Hall–Kier alpha value is -2.37. The summed E-state index contributed by atoms with van der Waals surface area (Å²) in [5.74, 6) is -1.43. The third-order valence-electron chi connectivity index (χ3n) is 4.89. The second-order valence-electron chi connectivity index (χ2n) is 6.91. The molecule has 0 aliphatic heterocycles. The summed E-state index contributed by atoms with van der Waals surface area (Å²) in [4.78, 5) is 28.2. The van der Waals surface area contributed by atoms with E-state index in [9.17, 15) is 14.7 Å². The highest BCUT2D eigenvalue weighted by Gasteiger charge is 2.54. The number of carboxylic acid groups (broad SMARTS) is 1. The summed E-state index contributed by atoms with van der Waals surface area (Å²) in [6.45, 7) is 4.08. The Kier molecular flexibility index (Phi) is 3.62. The molecule has 0 radical (unpaired) electrons. The van der Waals surface area contributed by atoms with Crippen molar-refractivity contribution in [2.75, 3.05) is 0 Å². The van der Waals surface area contributed by atoms with E-state index in [1.165, 1.54) is 0 Å². The van der Waals surface area contributed by atoms with Crippen molar-refractivity contribution < 1.29 is 14.7 Å². The van der Waals surface area contributed by atoms with Crippen molar-refractivity contribution in [1.29, 1.82) is 0 Å². The van der Waals surface area contributed by atoms with Gasteiger partial charge < -0.3 is 15.0 Å². The minimum atomic E-state index is -0.899. The summed E-state index contributed by atoms with van der Waals surface area (Å²) >= 11 is 0. The number of imidazole rings is 1. The topological polar surface area (TPSA) is 84.2 Å². The number of carboxylic acids is 1. The van der Waals surface area contributed by atoms with Crippen LogP contribution < -0.4 is 5.32 Å². The molecule has 6 heteroatoms. The lowest BCUT2D eigenvalue weighted by Crippen LogP contribution is -2.54. The number of nitrogens with one attached hydrogen (secondary N) is 1. The van der Waals surface area contributed by atoms with Crippen LogP contribution in [0.5, 0.6) is 0 Å². The van der Waals surface area contributed by atoms with Crippen molar-refractivity contribution in [3.63, 3.8) is 0 Å². The van der Waals surface area contributed by atoms with E-state index < -0.39 is 17.8 Å². The minimum Gasteiger partial charge on any atom is -0.481 e. The highest BCUT2D eigenvalue weighted by molar-refractivity contribution is 5.87. The molecule has 2 N–H and O–H groups in total. The van der Waals surface area contributed by atoms with Crippen LogP contribution in [0, 0.1) is 17.3 Å². The first kappa shape index (κ1) is 15.5. The first-order chi connectivity index (χ1) is 10.8. The Morgan fingerprint density at radius 3 is 2.70 bits per heavy atom. The predicted molar refractivity (Wildman–Crippen MR) is 85.6 cm³/mol. The SMILES string of the molecule is Cn1c(CNC(=O)[C@@H]2CC(C)(C)[C@@H]2C(=O)O)nc2ccccc21. The number of nitrogens with zero attached hydrogens (tertiary/aromatic N) is 2. The summed E-state index contributed by atoms with van der Waals surface area (Å²) in [5.41, 5.74) is 1.56. The second kappa shape index (κ2) is 5.37. The maximum atomic E-state index is 12.3. The number of aryl methyl sites for hydroxylation is 1. The maximum absolute atomic E-state index is 12.3. The van der Waals surface area contributed by atoms with E-state index in [-0.39, 0.29) is 11.3 Å². The highest BCUT2D eigenvalue weighted by atomic mass is 16.4. The lowest BCUT2D eigenvalue weighted by Gasteiger charge is -2.47. The normalized spacial score (nSPS) is 22.6. The molecule has 1 fully saturated rings. The molecule has 23 heavy (non-hydrogen) atoms. The summed E-state index contributed by atoms with van der Waals surface area (Å²) in [6.07, 6.45) is 0.596. The molecule has 2 atom stereocenters. The lowest BCUT2D eigenvalue weighted by molar-refractivity contribution is -0.165. The van der Waals surface area contributed by atoms with Crippen molar-refractivity contribution >= 4 is 22.9 Å². The van der Waals surface area contributed by atoms with E-state index in [2.05, 4.69) is 10.3 Å². The molecule has 0 spiro atoms. The van der Waals surface area contributed by atoms with Crippen molar-refractivity contribution in [3.05, 3.63) is 30.1 Å². The van der Waals surface area contributed by atoms with Crippen molar-refractivity contribution in [3.8, 4) is 0 Å². The second-order valence-corrected chi connectivity index (χ2v) is 6.91. The molecular formula is C17H21N3O3. The zero-order valence-electron chi connectivity index (χ0n) is 13.5. The first-order valence-electron chi connectivity index (χ1n) is 7.72. The summed E-state index contributed by atoms with van der Waals surface area (Å²) in [6, 6.07) is 7.77. The Balaban J connectivity index is 1.69. The zero-order valence-corrected chi connectivity index (χ0v) is 13.5. The molecule has 1 aromatic carbocycles. The van der Waals surface area contributed by atoms with Crippen LogP contribution in [-0.4, -0.2) is 26.5 Å². The van der Waals surface area contributed by atoms with Gasteiger partial charge in [0.1, 0.15) is 5.82 Å². The molecule has 0 bridgehead atoms. The van der Waals surface area contributed by atoms with Gasteiger partial charge in [-0.05, 0) is 24.0 Å². The number of hydrogen-bond acceptors (Lipinski definition) is 3. The van der Waals surface area contributed by atoms with Crippen LogP contribution in [0.4, 0.5) is 0 Å². The number of para-hydroxylation sites is 2. The number of aliphatic carboxylic acids is 1. The zero-order chi connectivity index (χ0) is 16.8. The maximum Gasteiger partial charge on any atom is 0.307 e. The quantitative estimate of drug-likeness (QED) is 0.903. The largest absolute Gasteiger partial charge is 0.481 e. The van der Waals surface area contributed by atoms with E-state index >= 15 is 0 Å². The fourth-order valence-electron chi connectivity index (χ4n) is 3.60. The van der Waals surface area contributed by atoms with Crippen LogP contribution in [0.2, 0.25) is 0 Å². The van der Waals surface area contributed by atoms with Crippen molar-refractivity contribution in [2.45, 2.75) is 26.8 Å². The van der Waals surface area contributed by atoms with Crippen molar-refractivity contribution in [2.24, 2.45) is 24.3 Å². The monoisotopic (exact) mass is 315 g/mol. The fourth-order valence-corrected chi connectivity index (χ4v) is 3.60. The Morgan fingerprint density at radius 1 is 1.39 bits per heavy atom. The highest BCUT2D eigenvalue weighted by Crippen LogP contribution is 2.50. The van der Waals surface area contributed by atoms with Crippen LogP contribution in [0.25, 0.3) is 11.0 Å². The Bertz CT molecular complexity index is 778. The average molecular weight is 315 g/mol. The number of aromatic nitrogens is 2. The molecule has 6 nitrogen and oxygen atoms in total. The molecule has 1 aliphatic rings. The number of rotatable bonds is 4. The molecule has 1 aromatic heterocycles. The van der Waals surface area contributed by atoms with Gasteiger partial charge in [-0.1, -0.05) is 26.0 Å². The third kappa shape index (κ3) is 2.58. The van der Waals surface area contributed by atoms with Gasteiger partial charge in [0.25, 0.3) is 0 Å².